The van der Waals surface area contributed by atoms with Crippen molar-refractivity contribution in [2.24, 2.45) is 0 Å². The third kappa shape index (κ3) is 3.48. The first kappa shape index (κ1) is 17.4. The summed E-state index contributed by atoms with van der Waals surface area (Å²) in [5.41, 5.74) is 2.12. The van der Waals surface area contributed by atoms with Crippen molar-refractivity contribution < 1.29 is 4.42 Å². The molecule has 3 aromatic carbocycles. The molecule has 4 aromatic rings. The molecule has 0 aliphatic heterocycles. The summed E-state index contributed by atoms with van der Waals surface area (Å²) in [4.78, 5) is 0. The molecule has 0 N–H and O–H groups in total. The van der Waals surface area contributed by atoms with Crippen LogP contribution in [0.1, 0.15) is 11.3 Å². The van der Waals surface area contributed by atoms with Crippen molar-refractivity contribution in [3.05, 3.63) is 94.2 Å². The molecule has 0 amide bonds. The van der Waals surface area contributed by atoms with Gasteiger partial charge in [0, 0.05) is 16.1 Å². The molecule has 0 saturated heterocycles. The van der Waals surface area contributed by atoms with E-state index in [1.54, 1.807) is 24.3 Å². The molecule has 1 aromatic heterocycles. The summed E-state index contributed by atoms with van der Waals surface area (Å²) in [6.07, 6.45) is 1.74. The van der Waals surface area contributed by atoms with Gasteiger partial charge in [-0.1, -0.05) is 65.7 Å². The second-order valence-electron chi connectivity index (χ2n) is 6.02. The summed E-state index contributed by atoms with van der Waals surface area (Å²) >= 11 is 12.3. The minimum atomic E-state index is 0.532. The van der Waals surface area contributed by atoms with Crippen molar-refractivity contribution in [3.8, 4) is 17.4 Å². The fourth-order valence-corrected chi connectivity index (χ4v) is 3.42. The highest BCUT2D eigenvalue weighted by molar-refractivity contribution is 6.35. The normalized spacial score (nSPS) is 11.5. The van der Waals surface area contributed by atoms with E-state index in [1.165, 1.54) is 0 Å². The largest absolute Gasteiger partial charge is 0.457 e. The number of allylic oxidation sites excluding steroid dienone is 1. The van der Waals surface area contributed by atoms with E-state index in [0.29, 0.717) is 32.7 Å². The topological polar surface area (TPSA) is 36.9 Å². The SMILES string of the molecule is N#C/C(=C\c1ccc(-c2cc(Cl)ccc2Cl)o1)c1cccc2ccccc12. The molecule has 0 radical (unpaired) electrons. The summed E-state index contributed by atoms with van der Waals surface area (Å²) in [5.74, 6) is 1.18. The highest BCUT2D eigenvalue weighted by atomic mass is 35.5. The fraction of sp³-hybridized carbons (Fsp3) is 0. The Morgan fingerprint density at radius 1 is 0.926 bits per heavy atom. The summed E-state index contributed by atoms with van der Waals surface area (Å²) in [6, 6.07) is 25.0. The Morgan fingerprint density at radius 3 is 2.59 bits per heavy atom. The number of benzene rings is 3. The lowest BCUT2D eigenvalue weighted by atomic mass is 9.98. The van der Waals surface area contributed by atoms with Crippen LogP contribution in [0.4, 0.5) is 0 Å². The van der Waals surface area contributed by atoms with Crippen LogP contribution in [0.5, 0.6) is 0 Å². The maximum absolute atomic E-state index is 9.71. The van der Waals surface area contributed by atoms with Gasteiger partial charge >= 0.3 is 0 Å². The van der Waals surface area contributed by atoms with Crippen LogP contribution in [0, 0.1) is 11.3 Å². The first-order valence-electron chi connectivity index (χ1n) is 8.31. The number of furan rings is 1. The van der Waals surface area contributed by atoms with E-state index >= 15 is 0 Å². The number of rotatable bonds is 3. The first-order valence-corrected chi connectivity index (χ1v) is 9.06. The molecule has 2 nitrogen and oxygen atoms in total. The van der Waals surface area contributed by atoms with E-state index in [1.807, 2.05) is 54.6 Å². The van der Waals surface area contributed by atoms with Gasteiger partial charge in [-0.2, -0.15) is 5.26 Å². The van der Waals surface area contributed by atoms with Crippen molar-refractivity contribution in [1.29, 1.82) is 5.26 Å². The van der Waals surface area contributed by atoms with Crippen molar-refractivity contribution in [2.45, 2.75) is 0 Å². The minimum absolute atomic E-state index is 0.532. The van der Waals surface area contributed by atoms with Gasteiger partial charge in [-0.15, -0.1) is 0 Å². The molecule has 0 atom stereocenters. The highest BCUT2D eigenvalue weighted by Crippen LogP contribution is 2.33. The summed E-state index contributed by atoms with van der Waals surface area (Å²) in [7, 11) is 0. The van der Waals surface area contributed by atoms with Crippen molar-refractivity contribution in [1.82, 2.24) is 0 Å². The van der Waals surface area contributed by atoms with Crippen LogP contribution in [0.25, 0.3) is 33.7 Å². The third-order valence-corrected chi connectivity index (χ3v) is 4.87. The molecule has 0 aliphatic rings. The van der Waals surface area contributed by atoms with Crippen LogP contribution < -0.4 is 0 Å². The number of hydrogen-bond acceptors (Lipinski definition) is 2. The molecule has 0 spiro atoms. The molecule has 27 heavy (non-hydrogen) atoms. The lowest BCUT2D eigenvalue weighted by Gasteiger charge is -2.05. The van der Waals surface area contributed by atoms with Gasteiger partial charge in [0.05, 0.1) is 16.7 Å². The van der Waals surface area contributed by atoms with Crippen molar-refractivity contribution in [3.63, 3.8) is 0 Å². The zero-order valence-corrected chi connectivity index (χ0v) is 15.6. The first-order chi connectivity index (χ1) is 13.2. The molecule has 4 rings (SSSR count). The van der Waals surface area contributed by atoms with Crippen molar-refractivity contribution in [2.75, 3.05) is 0 Å². The molecular formula is C23H13Cl2NO. The Labute approximate surface area is 166 Å². The monoisotopic (exact) mass is 389 g/mol. The van der Waals surface area contributed by atoms with Gasteiger partial charge in [-0.05, 0) is 47.2 Å². The maximum atomic E-state index is 9.71. The van der Waals surface area contributed by atoms with E-state index in [4.69, 9.17) is 27.6 Å². The smallest absolute Gasteiger partial charge is 0.136 e. The van der Waals surface area contributed by atoms with Gasteiger partial charge in [-0.25, -0.2) is 0 Å². The number of fused-ring (bicyclic) bond motifs is 1. The lowest BCUT2D eigenvalue weighted by molar-refractivity contribution is 0.572. The molecule has 4 heteroatoms. The average molecular weight is 390 g/mol. The highest BCUT2D eigenvalue weighted by Gasteiger charge is 2.11. The van der Waals surface area contributed by atoms with E-state index < -0.39 is 0 Å². The predicted octanol–water partition coefficient (Wildman–Crippen LogP) is 7.47. The van der Waals surface area contributed by atoms with E-state index in [9.17, 15) is 5.26 Å². The van der Waals surface area contributed by atoms with Gasteiger partial charge in [0.25, 0.3) is 0 Å². The number of nitrogens with zero attached hydrogens (tertiary/aromatic N) is 1. The Morgan fingerprint density at radius 2 is 1.74 bits per heavy atom. The minimum Gasteiger partial charge on any atom is -0.457 e. The van der Waals surface area contributed by atoms with Crippen LogP contribution in [0.3, 0.4) is 0 Å². The van der Waals surface area contributed by atoms with E-state index in [-0.39, 0.29) is 0 Å². The van der Waals surface area contributed by atoms with Gasteiger partial charge in [0.2, 0.25) is 0 Å². The van der Waals surface area contributed by atoms with E-state index in [2.05, 4.69) is 6.07 Å². The zero-order chi connectivity index (χ0) is 18.8. The Hall–Kier alpha value is -2.99. The second kappa shape index (κ2) is 7.32. The molecule has 0 aliphatic carbocycles. The van der Waals surface area contributed by atoms with Gasteiger partial charge in [0.1, 0.15) is 11.5 Å². The summed E-state index contributed by atoms with van der Waals surface area (Å²) in [5, 5.41) is 13.0. The molecule has 0 saturated carbocycles. The van der Waals surface area contributed by atoms with Crippen LogP contribution >= 0.6 is 23.2 Å². The van der Waals surface area contributed by atoms with Crippen LogP contribution in [0.15, 0.2) is 77.2 Å². The number of nitriles is 1. The standard InChI is InChI=1S/C23H13Cl2NO/c24-17-8-10-22(25)21(13-17)23-11-9-18(27-23)12-16(14-26)20-7-3-5-15-4-1-2-6-19(15)20/h1-13H/b16-12+. The molecule has 1 heterocycles. The zero-order valence-electron chi connectivity index (χ0n) is 14.1. The maximum Gasteiger partial charge on any atom is 0.136 e. The van der Waals surface area contributed by atoms with Crippen LogP contribution in [-0.2, 0) is 0 Å². The fourth-order valence-electron chi connectivity index (χ4n) is 3.03. The van der Waals surface area contributed by atoms with Gasteiger partial charge in [-0.3, -0.25) is 0 Å². The van der Waals surface area contributed by atoms with Crippen LogP contribution in [0.2, 0.25) is 10.0 Å². The molecule has 130 valence electrons. The second-order valence-corrected chi connectivity index (χ2v) is 6.87. The summed E-state index contributed by atoms with van der Waals surface area (Å²) in [6.45, 7) is 0. The molecule has 0 bridgehead atoms. The number of hydrogen-bond donors (Lipinski definition) is 0. The van der Waals surface area contributed by atoms with Gasteiger partial charge < -0.3 is 4.42 Å². The average Bonchev–Trinajstić information content (AvgIpc) is 3.16. The van der Waals surface area contributed by atoms with Crippen LogP contribution in [-0.4, -0.2) is 0 Å². The van der Waals surface area contributed by atoms with E-state index in [0.717, 1.165) is 16.3 Å². The Bertz CT molecular complexity index is 1210. The summed E-state index contributed by atoms with van der Waals surface area (Å²) < 4.78 is 5.90. The third-order valence-electron chi connectivity index (χ3n) is 4.31. The Balaban J connectivity index is 1.77. The molecule has 0 fully saturated rings. The van der Waals surface area contributed by atoms with Crippen molar-refractivity contribution >= 4 is 45.6 Å². The predicted molar refractivity (Wildman–Crippen MR) is 112 cm³/mol. The lowest BCUT2D eigenvalue weighted by Crippen LogP contribution is -1.84. The van der Waals surface area contributed by atoms with Gasteiger partial charge in [0.15, 0.2) is 0 Å². The molecule has 0 unspecified atom stereocenters. The number of halogens is 2. The molecular weight excluding hydrogens is 377 g/mol. The Kier molecular flexibility index (Phi) is 4.73. The quantitative estimate of drug-likeness (QED) is 0.340.